The number of furan rings is 1. The second kappa shape index (κ2) is 11.1. The number of fused-ring (bicyclic) bond motifs is 4. The highest BCUT2D eigenvalue weighted by Gasteiger charge is 2.15. The quantitative estimate of drug-likeness (QED) is 0.195. The van der Waals surface area contributed by atoms with Crippen LogP contribution in [-0.2, 0) is 0 Å². The highest BCUT2D eigenvalue weighted by atomic mass is 16.3. The molecule has 0 radical (unpaired) electrons. The Kier molecular flexibility index (Phi) is 6.35. The summed E-state index contributed by atoms with van der Waals surface area (Å²) in [5.41, 5.74) is 9.15. The van der Waals surface area contributed by atoms with Gasteiger partial charge >= 0.3 is 0 Å². The number of rotatable bonds is 5. The summed E-state index contributed by atoms with van der Waals surface area (Å²) in [7, 11) is 0. The average Bonchev–Trinajstić information content (AvgIpc) is 3.53. The number of hydrogen-bond donors (Lipinski definition) is 0. The van der Waals surface area contributed by atoms with E-state index in [1.54, 1.807) is 6.20 Å². The SMILES string of the molecule is c1ccc(-c2nc(-c3ccccc3)nc(-c3cccc(-c4cnc5c(-c6cc7c(cn6)oc6ccccc67)cccc5c4)c3)n2)cc1. The van der Waals surface area contributed by atoms with E-state index in [9.17, 15) is 0 Å². The first-order valence-corrected chi connectivity index (χ1v) is 15.4. The van der Waals surface area contributed by atoms with E-state index in [-0.39, 0.29) is 0 Å². The van der Waals surface area contributed by atoms with Crippen LogP contribution >= 0.6 is 0 Å². The minimum atomic E-state index is 0.615. The van der Waals surface area contributed by atoms with E-state index < -0.39 is 0 Å². The molecule has 0 unspecified atom stereocenters. The van der Waals surface area contributed by atoms with Crippen molar-refractivity contribution in [3.63, 3.8) is 0 Å². The lowest BCUT2D eigenvalue weighted by molar-refractivity contribution is 0.667. The molecule has 0 saturated carbocycles. The molecule has 6 nitrogen and oxygen atoms in total. The Balaban J connectivity index is 1.12. The van der Waals surface area contributed by atoms with Gasteiger partial charge in [0, 0.05) is 50.2 Å². The number of para-hydroxylation sites is 2. The highest BCUT2D eigenvalue weighted by molar-refractivity contribution is 6.06. The summed E-state index contributed by atoms with van der Waals surface area (Å²) in [4.78, 5) is 24.4. The summed E-state index contributed by atoms with van der Waals surface area (Å²) < 4.78 is 6.00. The molecule has 0 aliphatic rings. The van der Waals surface area contributed by atoms with Gasteiger partial charge in [0.1, 0.15) is 5.58 Å². The van der Waals surface area contributed by atoms with E-state index in [2.05, 4.69) is 48.5 Å². The van der Waals surface area contributed by atoms with Crippen LogP contribution in [0, 0.1) is 0 Å². The van der Waals surface area contributed by atoms with Crippen LogP contribution in [0.15, 0.2) is 156 Å². The van der Waals surface area contributed by atoms with Crippen molar-refractivity contribution in [2.45, 2.75) is 0 Å². The molecule has 9 aromatic rings. The summed E-state index contributed by atoms with van der Waals surface area (Å²) in [6.07, 6.45) is 3.73. The molecule has 0 aliphatic carbocycles. The van der Waals surface area contributed by atoms with Gasteiger partial charge in [-0.3, -0.25) is 9.97 Å². The van der Waals surface area contributed by atoms with E-state index in [4.69, 9.17) is 29.3 Å². The zero-order valence-electron chi connectivity index (χ0n) is 25.1. The molecule has 0 bridgehead atoms. The van der Waals surface area contributed by atoms with Crippen molar-refractivity contribution < 1.29 is 4.42 Å². The maximum atomic E-state index is 6.00. The first-order valence-electron chi connectivity index (χ1n) is 15.4. The van der Waals surface area contributed by atoms with Crippen LogP contribution in [0.5, 0.6) is 0 Å². The lowest BCUT2D eigenvalue weighted by Gasteiger charge is -2.10. The first-order chi connectivity index (χ1) is 23.3. The van der Waals surface area contributed by atoms with Crippen LogP contribution in [0.1, 0.15) is 0 Å². The van der Waals surface area contributed by atoms with Crippen molar-refractivity contribution >= 4 is 32.8 Å². The van der Waals surface area contributed by atoms with Gasteiger partial charge in [0.05, 0.1) is 17.4 Å². The third-order valence-electron chi connectivity index (χ3n) is 8.40. The first kappa shape index (κ1) is 26.8. The molecule has 4 heterocycles. The summed E-state index contributed by atoms with van der Waals surface area (Å²) >= 11 is 0. The van der Waals surface area contributed by atoms with Crippen LogP contribution in [0.25, 0.3) is 89.4 Å². The topological polar surface area (TPSA) is 77.6 Å². The highest BCUT2D eigenvalue weighted by Crippen LogP contribution is 2.35. The Bertz CT molecular complexity index is 2520. The molecular formula is C41H25N5O. The summed E-state index contributed by atoms with van der Waals surface area (Å²) in [5.74, 6) is 1.88. The van der Waals surface area contributed by atoms with E-state index in [1.807, 2.05) is 97.2 Å². The predicted molar refractivity (Wildman–Crippen MR) is 187 cm³/mol. The fourth-order valence-corrected chi connectivity index (χ4v) is 6.08. The molecule has 0 atom stereocenters. The number of benzene rings is 5. The van der Waals surface area contributed by atoms with E-state index >= 15 is 0 Å². The number of aromatic nitrogens is 5. The smallest absolute Gasteiger partial charge is 0.164 e. The second-order valence-corrected chi connectivity index (χ2v) is 11.4. The van der Waals surface area contributed by atoms with Gasteiger partial charge in [-0.15, -0.1) is 0 Å². The Morgan fingerprint density at radius 1 is 0.404 bits per heavy atom. The molecule has 0 amide bonds. The fraction of sp³-hybridized carbons (Fsp3) is 0. The standard InChI is InChI=1S/C41H25N5O/c1-3-11-26(12-4-1)39-44-40(27-13-5-2-6-14-27)46-41(45-39)30-17-9-15-28(21-30)31-22-29-16-10-19-33(38(29)43-24-31)35-23-34-32-18-7-8-20-36(32)47-37(34)25-42-35/h1-25H. The third-order valence-corrected chi connectivity index (χ3v) is 8.40. The zero-order valence-corrected chi connectivity index (χ0v) is 25.1. The van der Waals surface area contributed by atoms with E-state index in [1.165, 1.54) is 0 Å². The number of pyridine rings is 2. The van der Waals surface area contributed by atoms with Gasteiger partial charge in [-0.05, 0) is 29.8 Å². The molecule has 0 fully saturated rings. The predicted octanol–water partition coefficient (Wildman–Crippen LogP) is 10.0. The molecule has 0 N–H and O–H groups in total. The molecule has 9 rings (SSSR count). The second-order valence-electron chi connectivity index (χ2n) is 11.4. The van der Waals surface area contributed by atoms with Crippen LogP contribution < -0.4 is 0 Å². The van der Waals surface area contributed by atoms with Crippen LogP contribution in [-0.4, -0.2) is 24.9 Å². The molecule has 47 heavy (non-hydrogen) atoms. The normalized spacial score (nSPS) is 11.4. The van der Waals surface area contributed by atoms with Gasteiger partial charge < -0.3 is 4.42 Å². The Labute approximate surface area is 270 Å². The summed E-state index contributed by atoms with van der Waals surface area (Å²) in [6, 6.07) is 46.9. The molecule has 6 heteroatoms. The zero-order chi connectivity index (χ0) is 31.2. The monoisotopic (exact) mass is 603 g/mol. The fourth-order valence-electron chi connectivity index (χ4n) is 6.08. The molecule has 5 aromatic carbocycles. The van der Waals surface area contributed by atoms with Crippen molar-refractivity contribution in [3.8, 4) is 56.5 Å². The largest absolute Gasteiger partial charge is 0.454 e. The van der Waals surface area contributed by atoms with Gasteiger partial charge in [0.25, 0.3) is 0 Å². The minimum Gasteiger partial charge on any atom is -0.454 e. The molecule has 0 aliphatic heterocycles. The van der Waals surface area contributed by atoms with Gasteiger partial charge in [-0.2, -0.15) is 0 Å². The van der Waals surface area contributed by atoms with Gasteiger partial charge in [0.2, 0.25) is 0 Å². The lowest BCUT2D eigenvalue weighted by Crippen LogP contribution is -2.00. The van der Waals surface area contributed by atoms with Crippen LogP contribution in [0.3, 0.4) is 0 Å². The van der Waals surface area contributed by atoms with Crippen LogP contribution in [0.4, 0.5) is 0 Å². The maximum absolute atomic E-state index is 6.00. The molecular weight excluding hydrogens is 578 g/mol. The van der Waals surface area contributed by atoms with Gasteiger partial charge in [-0.1, -0.05) is 115 Å². The molecule has 220 valence electrons. The van der Waals surface area contributed by atoms with Crippen molar-refractivity contribution in [3.05, 3.63) is 152 Å². The molecule has 0 spiro atoms. The van der Waals surface area contributed by atoms with Gasteiger partial charge in [-0.25, -0.2) is 15.0 Å². The number of hydrogen-bond acceptors (Lipinski definition) is 6. The van der Waals surface area contributed by atoms with E-state index in [0.29, 0.717) is 17.5 Å². The van der Waals surface area contributed by atoms with E-state index in [0.717, 1.165) is 71.9 Å². The average molecular weight is 604 g/mol. The van der Waals surface area contributed by atoms with Crippen molar-refractivity contribution in [1.29, 1.82) is 0 Å². The third kappa shape index (κ3) is 4.89. The Morgan fingerprint density at radius 2 is 1.04 bits per heavy atom. The van der Waals surface area contributed by atoms with Crippen molar-refractivity contribution in [1.82, 2.24) is 24.9 Å². The number of nitrogens with zero attached hydrogens (tertiary/aromatic N) is 5. The maximum Gasteiger partial charge on any atom is 0.164 e. The minimum absolute atomic E-state index is 0.615. The van der Waals surface area contributed by atoms with Crippen LogP contribution in [0.2, 0.25) is 0 Å². The Morgan fingerprint density at radius 3 is 1.81 bits per heavy atom. The molecule has 0 saturated heterocycles. The Hall–Kier alpha value is -6.53. The van der Waals surface area contributed by atoms with Gasteiger partial charge in [0.15, 0.2) is 23.1 Å². The van der Waals surface area contributed by atoms with Crippen molar-refractivity contribution in [2.24, 2.45) is 0 Å². The van der Waals surface area contributed by atoms with Crippen molar-refractivity contribution in [2.75, 3.05) is 0 Å². The summed E-state index contributed by atoms with van der Waals surface area (Å²) in [5, 5.41) is 3.15. The summed E-state index contributed by atoms with van der Waals surface area (Å²) in [6.45, 7) is 0. The lowest BCUT2D eigenvalue weighted by atomic mass is 10.00. The molecule has 4 aromatic heterocycles.